The van der Waals surface area contributed by atoms with Gasteiger partial charge in [-0.05, 0) is 36.6 Å². The van der Waals surface area contributed by atoms with Crippen LogP contribution in [0, 0.1) is 18.3 Å². The number of hydrogen-bond donors (Lipinski definition) is 0. The number of carbonyl (C=O) groups excluding carboxylic acids is 1. The summed E-state index contributed by atoms with van der Waals surface area (Å²) in [7, 11) is 0. The summed E-state index contributed by atoms with van der Waals surface area (Å²) in [5.41, 5.74) is 3.31. The van der Waals surface area contributed by atoms with Gasteiger partial charge in [0, 0.05) is 5.33 Å². The summed E-state index contributed by atoms with van der Waals surface area (Å²) in [6.07, 6.45) is 0.217. The fourth-order valence-corrected chi connectivity index (χ4v) is 1.91. The minimum Gasteiger partial charge on any atom is -0.466 e. The van der Waals surface area contributed by atoms with Crippen LogP contribution in [-0.2, 0) is 21.3 Å². The van der Waals surface area contributed by atoms with Gasteiger partial charge in [-0.1, -0.05) is 22.0 Å². The molecule has 0 heterocycles. The van der Waals surface area contributed by atoms with Gasteiger partial charge in [0.1, 0.15) is 0 Å². The van der Waals surface area contributed by atoms with Crippen LogP contribution < -0.4 is 0 Å². The Bertz CT molecular complexity index is 463. The SMILES string of the molecule is CCOC(=O)Cc1cc(CBr)cc(C#N)c1C. The van der Waals surface area contributed by atoms with Gasteiger partial charge >= 0.3 is 5.97 Å². The van der Waals surface area contributed by atoms with E-state index in [4.69, 9.17) is 10.00 Å². The maximum atomic E-state index is 11.4. The number of carbonyl (C=O) groups is 1. The number of benzene rings is 1. The molecule has 0 bridgehead atoms. The van der Waals surface area contributed by atoms with E-state index in [2.05, 4.69) is 22.0 Å². The van der Waals surface area contributed by atoms with E-state index in [1.807, 2.05) is 19.1 Å². The van der Waals surface area contributed by atoms with Gasteiger partial charge in [0.05, 0.1) is 24.7 Å². The van der Waals surface area contributed by atoms with E-state index in [-0.39, 0.29) is 12.4 Å². The molecule has 0 unspecified atom stereocenters. The standard InChI is InChI=1S/C13H14BrNO2/c1-3-17-13(16)6-11-4-10(7-14)5-12(8-15)9(11)2/h4-5H,3,6-7H2,1-2H3. The van der Waals surface area contributed by atoms with Gasteiger partial charge in [0.15, 0.2) is 0 Å². The Balaban J connectivity index is 3.06. The molecule has 0 saturated heterocycles. The summed E-state index contributed by atoms with van der Waals surface area (Å²) < 4.78 is 4.91. The number of rotatable bonds is 4. The first-order chi connectivity index (χ1) is 8.12. The first-order valence-electron chi connectivity index (χ1n) is 5.36. The molecule has 17 heavy (non-hydrogen) atoms. The van der Waals surface area contributed by atoms with Crippen LogP contribution in [0.2, 0.25) is 0 Å². The molecule has 4 heteroatoms. The molecule has 0 amide bonds. The predicted molar refractivity (Wildman–Crippen MR) is 68.9 cm³/mol. The van der Waals surface area contributed by atoms with Crippen molar-refractivity contribution in [1.82, 2.24) is 0 Å². The minimum absolute atomic E-state index is 0.217. The Kier molecular flexibility index (Phi) is 5.17. The van der Waals surface area contributed by atoms with E-state index >= 15 is 0 Å². The lowest BCUT2D eigenvalue weighted by molar-refractivity contribution is -0.142. The van der Waals surface area contributed by atoms with E-state index in [9.17, 15) is 4.79 Å². The van der Waals surface area contributed by atoms with Gasteiger partial charge in [0.25, 0.3) is 0 Å². The number of halogens is 1. The third-order valence-electron chi connectivity index (χ3n) is 2.49. The van der Waals surface area contributed by atoms with E-state index in [0.29, 0.717) is 17.5 Å². The first kappa shape index (κ1) is 13.7. The predicted octanol–water partition coefficient (Wildman–Crippen LogP) is 2.87. The van der Waals surface area contributed by atoms with Gasteiger partial charge in [-0.25, -0.2) is 0 Å². The molecule has 0 aliphatic carbocycles. The van der Waals surface area contributed by atoms with Crippen molar-refractivity contribution in [3.8, 4) is 6.07 Å². The summed E-state index contributed by atoms with van der Waals surface area (Å²) in [5.74, 6) is -0.258. The summed E-state index contributed by atoms with van der Waals surface area (Å²) in [5, 5.41) is 9.68. The molecule has 1 rings (SSSR count). The molecule has 0 saturated carbocycles. The van der Waals surface area contributed by atoms with Crippen LogP contribution in [0.25, 0.3) is 0 Å². The summed E-state index contributed by atoms with van der Waals surface area (Å²) in [6.45, 7) is 4.01. The van der Waals surface area contributed by atoms with E-state index in [0.717, 1.165) is 16.7 Å². The fourth-order valence-electron chi connectivity index (χ4n) is 1.58. The second-order valence-electron chi connectivity index (χ2n) is 3.65. The van der Waals surface area contributed by atoms with Crippen molar-refractivity contribution in [3.63, 3.8) is 0 Å². The monoisotopic (exact) mass is 295 g/mol. The Labute approximate surface area is 110 Å². The minimum atomic E-state index is -0.258. The average Bonchev–Trinajstić information content (AvgIpc) is 2.32. The van der Waals surface area contributed by atoms with Crippen LogP contribution >= 0.6 is 15.9 Å². The van der Waals surface area contributed by atoms with Crippen molar-refractivity contribution < 1.29 is 9.53 Å². The number of nitrogens with zero attached hydrogens (tertiary/aromatic N) is 1. The van der Waals surface area contributed by atoms with Crippen LogP contribution in [0.4, 0.5) is 0 Å². The van der Waals surface area contributed by atoms with Gasteiger partial charge in [-0.2, -0.15) is 5.26 Å². The van der Waals surface area contributed by atoms with Crippen LogP contribution in [0.1, 0.15) is 29.2 Å². The van der Waals surface area contributed by atoms with E-state index in [1.54, 1.807) is 6.92 Å². The number of nitriles is 1. The van der Waals surface area contributed by atoms with Crippen molar-refractivity contribution in [2.75, 3.05) is 6.61 Å². The smallest absolute Gasteiger partial charge is 0.310 e. The second-order valence-corrected chi connectivity index (χ2v) is 4.22. The van der Waals surface area contributed by atoms with Crippen molar-refractivity contribution in [3.05, 3.63) is 34.4 Å². The molecule has 0 radical (unpaired) electrons. The van der Waals surface area contributed by atoms with Gasteiger partial charge < -0.3 is 4.74 Å². The Morgan fingerprint density at radius 3 is 2.76 bits per heavy atom. The molecule has 0 fully saturated rings. The fraction of sp³-hybridized carbons (Fsp3) is 0.385. The van der Waals surface area contributed by atoms with E-state index in [1.165, 1.54) is 0 Å². The molecule has 0 atom stereocenters. The summed E-state index contributed by atoms with van der Waals surface area (Å²) >= 11 is 3.35. The lowest BCUT2D eigenvalue weighted by Gasteiger charge is -2.09. The zero-order valence-electron chi connectivity index (χ0n) is 9.92. The highest BCUT2D eigenvalue weighted by Crippen LogP contribution is 2.19. The highest BCUT2D eigenvalue weighted by Gasteiger charge is 2.11. The van der Waals surface area contributed by atoms with Gasteiger partial charge in [-0.3, -0.25) is 4.79 Å². The van der Waals surface area contributed by atoms with Crippen molar-refractivity contribution >= 4 is 21.9 Å². The molecular formula is C13H14BrNO2. The molecule has 1 aromatic rings. The van der Waals surface area contributed by atoms with Gasteiger partial charge in [-0.15, -0.1) is 0 Å². The third-order valence-corrected chi connectivity index (χ3v) is 3.14. The number of hydrogen-bond acceptors (Lipinski definition) is 3. The number of alkyl halides is 1. The molecule has 0 aliphatic rings. The Morgan fingerprint density at radius 1 is 1.53 bits per heavy atom. The largest absolute Gasteiger partial charge is 0.466 e. The maximum Gasteiger partial charge on any atom is 0.310 e. The lowest BCUT2D eigenvalue weighted by Crippen LogP contribution is -2.09. The van der Waals surface area contributed by atoms with Gasteiger partial charge in [0.2, 0.25) is 0 Å². The van der Waals surface area contributed by atoms with E-state index < -0.39 is 0 Å². The highest BCUT2D eigenvalue weighted by molar-refractivity contribution is 9.08. The Morgan fingerprint density at radius 2 is 2.24 bits per heavy atom. The number of esters is 1. The van der Waals surface area contributed by atoms with Crippen LogP contribution in [0.15, 0.2) is 12.1 Å². The lowest BCUT2D eigenvalue weighted by atomic mass is 9.98. The van der Waals surface area contributed by atoms with Crippen molar-refractivity contribution in [1.29, 1.82) is 5.26 Å². The molecule has 1 aromatic carbocycles. The molecule has 90 valence electrons. The zero-order chi connectivity index (χ0) is 12.8. The molecule has 0 N–H and O–H groups in total. The van der Waals surface area contributed by atoms with Crippen LogP contribution in [0.5, 0.6) is 0 Å². The topological polar surface area (TPSA) is 50.1 Å². The van der Waals surface area contributed by atoms with Crippen molar-refractivity contribution in [2.24, 2.45) is 0 Å². The summed E-state index contributed by atoms with van der Waals surface area (Å²) in [6, 6.07) is 5.91. The van der Waals surface area contributed by atoms with Crippen LogP contribution in [0.3, 0.4) is 0 Å². The number of ether oxygens (including phenoxy) is 1. The third kappa shape index (κ3) is 3.57. The maximum absolute atomic E-state index is 11.4. The quantitative estimate of drug-likeness (QED) is 0.634. The molecule has 0 aliphatic heterocycles. The first-order valence-corrected chi connectivity index (χ1v) is 6.48. The normalized spacial score (nSPS) is 9.76. The summed E-state index contributed by atoms with van der Waals surface area (Å²) in [4.78, 5) is 11.4. The molecular weight excluding hydrogens is 282 g/mol. The molecule has 3 nitrogen and oxygen atoms in total. The second kappa shape index (κ2) is 6.41. The zero-order valence-corrected chi connectivity index (χ0v) is 11.5. The highest BCUT2D eigenvalue weighted by atomic mass is 79.9. The molecule has 0 aromatic heterocycles. The van der Waals surface area contributed by atoms with Crippen molar-refractivity contribution in [2.45, 2.75) is 25.6 Å². The van der Waals surface area contributed by atoms with Crippen LogP contribution in [-0.4, -0.2) is 12.6 Å². The average molecular weight is 296 g/mol. The Hall–Kier alpha value is -1.34. The molecule has 0 spiro atoms.